The van der Waals surface area contributed by atoms with E-state index in [-0.39, 0.29) is 29.5 Å². The zero-order chi connectivity index (χ0) is 30.8. The molecule has 0 aliphatic heterocycles. The van der Waals surface area contributed by atoms with E-state index in [0.717, 1.165) is 0 Å². The first-order chi connectivity index (χ1) is 19.7. The van der Waals surface area contributed by atoms with Crippen molar-refractivity contribution in [2.75, 3.05) is 33.1 Å². The maximum absolute atomic E-state index is 14.1. The van der Waals surface area contributed by atoms with Crippen LogP contribution in [0.4, 0.5) is 10.1 Å². The van der Waals surface area contributed by atoms with E-state index in [2.05, 4.69) is 11.8 Å². The summed E-state index contributed by atoms with van der Waals surface area (Å²) in [5.74, 6) is -1.95. The zero-order valence-corrected chi connectivity index (χ0v) is 23.4. The number of rotatable bonds is 3. The molecule has 218 valence electrons. The van der Waals surface area contributed by atoms with Crippen LogP contribution < -0.4 is 10.6 Å². The van der Waals surface area contributed by atoms with Gasteiger partial charge in [-0.2, -0.15) is 0 Å². The number of halogens is 1. The molecule has 3 aliphatic carbocycles. The number of allylic oxidation sites excluding steroid dienone is 1. The standard InChI is InChI=1S/C31H30FN3O7/c1-34(2)20-13-15(8-5-14-6-9-17(32)10-7-14)25(36)22-18(20)11-16-12-19-24(35(3)4)27(38)23(30(33)41)29(40)31(19,42)28(39)21(16)26(22)37/h6-7,9-10,13,16,19,24,36,38-39,42H,11-12H2,1-4H3,(H2,33,41)/t16-,19+,24+,31+/m0/s1. The van der Waals surface area contributed by atoms with E-state index in [9.17, 15) is 39.2 Å². The van der Waals surface area contributed by atoms with E-state index in [1.807, 2.05) is 0 Å². The lowest BCUT2D eigenvalue weighted by Crippen LogP contribution is -2.63. The summed E-state index contributed by atoms with van der Waals surface area (Å²) >= 11 is 0. The lowest BCUT2D eigenvalue weighted by atomic mass is 9.58. The Kier molecular flexibility index (Phi) is 6.88. The molecule has 1 amide bonds. The molecule has 0 heterocycles. The van der Waals surface area contributed by atoms with Crippen LogP contribution in [0.25, 0.3) is 0 Å². The fourth-order valence-electron chi connectivity index (χ4n) is 6.47. The Bertz CT molecular complexity index is 1680. The summed E-state index contributed by atoms with van der Waals surface area (Å²) in [5.41, 5.74) is 3.06. The number of likely N-dealkylation sites (N-methyl/N-ethyl adjacent to an activating group) is 1. The molecule has 0 spiro atoms. The molecule has 0 saturated carbocycles. The third kappa shape index (κ3) is 4.14. The molecule has 3 aliphatic rings. The van der Waals surface area contributed by atoms with Gasteiger partial charge in [0.25, 0.3) is 5.91 Å². The van der Waals surface area contributed by atoms with Crippen molar-refractivity contribution in [1.29, 1.82) is 0 Å². The molecular weight excluding hydrogens is 545 g/mol. The number of phenolic OH excluding ortho intramolecular Hbond substituents is 1. The lowest BCUT2D eigenvalue weighted by molar-refractivity contribution is -0.148. The Morgan fingerprint density at radius 3 is 2.29 bits per heavy atom. The number of nitrogens with zero attached hydrogens (tertiary/aromatic N) is 2. The first-order valence-electron chi connectivity index (χ1n) is 13.2. The average molecular weight is 576 g/mol. The topological polar surface area (TPSA) is 165 Å². The molecule has 0 saturated heterocycles. The van der Waals surface area contributed by atoms with E-state index in [0.29, 0.717) is 16.8 Å². The van der Waals surface area contributed by atoms with E-state index >= 15 is 0 Å². The summed E-state index contributed by atoms with van der Waals surface area (Å²) in [7, 11) is 6.66. The highest BCUT2D eigenvalue weighted by atomic mass is 19.1. The number of nitrogens with two attached hydrogens (primary N) is 1. The molecule has 42 heavy (non-hydrogen) atoms. The lowest BCUT2D eigenvalue weighted by Gasteiger charge is -2.50. The minimum Gasteiger partial charge on any atom is -0.510 e. The normalized spacial score (nSPS) is 25.0. The predicted molar refractivity (Wildman–Crippen MR) is 150 cm³/mol. The zero-order valence-electron chi connectivity index (χ0n) is 23.4. The van der Waals surface area contributed by atoms with Crippen molar-refractivity contribution in [3.8, 4) is 17.6 Å². The number of anilines is 1. The number of primary amides is 1. The second-order valence-corrected chi connectivity index (χ2v) is 11.3. The highest BCUT2D eigenvalue weighted by molar-refractivity contribution is 6.25. The Balaban J connectivity index is 1.70. The molecule has 0 radical (unpaired) electrons. The quantitative estimate of drug-likeness (QED) is 0.271. The van der Waals surface area contributed by atoms with Crippen molar-refractivity contribution in [2.45, 2.75) is 24.5 Å². The Labute approximate surface area is 241 Å². The van der Waals surface area contributed by atoms with Crippen molar-refractivity contribution in [2.24, 2.45) is 17.6 Å². The minimum atomic E-state index is -2.72. The third-order valence-corrected chi connectivity index (χ3v) is 8.37. The van der Waals surface area contributed by atoms with Crippen molar-refractivity contribution in [1.82, 2.24) is 4.90 Å². The number of aliphatic hydroxyl groups excluding tert-OH is 2. The summed E-state index contributed by atoms with van der Waals surface area (Å²) in [4.78, 5) is 42.9. The second-order valence-electron chi connectivity index (χ2n) is 11.3. The molecule has 0 fully saturated rings. The number of aromatic hydroxyl groups is 1. The molecule has 10 nitrogen and oxygen atoms in total. The predicted octanol–water partition coefficient (Wildman–Crippen LogP) is 1.73. The number of hydrogen-bond donors (Lipinski definition) is 5. The van der Waals surface area contributed by atoms with Crippen LogP contribution >= 0.6 is 0 Å². The van der Waals surface area contributed by atoms with E-state index in [1.54, 1.807) is 39.2 Å². The molecule has 6 N–H and O–H groups in total. The summed E-state index contributed by atoms with van der Waals surface area (Å²) < 4.78 is 13.3. The van der Waals surface area contributed by atoms with Gasteiger partial charge in [-0.3, -0.25) is 19.3 Å². The highest BCUT2D eigenvalue weighted by Crippen LogP contribution is 2.53. The van der Waals surface area contributed by atoms with Crippen LogP contribution in [-0.2, 0) is 16.0 Å². The maximum Gasteiger partial charge on any atom is 0.255 e. The van der Waals surface area contributed by atoms with Crippen LogP contribution in [-0.4, -0.2) is 82.6 Å². The van der Waals surface area contributed by atoms with Crippen LogP contribution in [0.5, 0.6) is 5.75 Å². The first-order valence-corrected chi connectivity index (χ1v) is 13.2. The van der Waals surface area contributed by atoms with E-state index < -0.39 is 69.6 Å². The number of Topliss-reactive ketones (excluding diaryl/α,β-unsaturated/α-hetero) is 2. The van der Waals surface area contributed by atoms with Crippen LogP contribution in [0, 0.1) is 29.5 Å². The number of ketones is 2. The molecule has 0 aromatic heterocycles. The average Bonchev–Trinajstić information content (AvgIpc) is 2.90. The van der Waals surface area contributed by atoms with Gasteiger partial charge < -0.3 is 31.1 Å². The van der Waals surface area contributed by atoms with Gasteiger partial charge in [-0.1, -0.05) is 11.8 Å². The molecule has 4 atom stereocenters. The summed E-state index contributed by atoms with van der Waals surface area (Å²) in [6.07, 6.45) is 0.146. The number of carbonyl (C=O) groups excluding carboxylic acids is 3. The number of phenols is 1. The number of hydrogen-bond acceptors (Lipinski definition) is 9. The number of aliphatic hydroxyl groups is 3. The van der Waals surface area contributed by atoms with Crippen LogP contribution in [0.15, 0.2) is 53.0 Å². The summed E-state index contributed by atoms with van der Waals surface area (Å²) in [6.45, 7) is 0. The molecule has 0 bridgehead atoms. The Morgan fingerprint density at radius 2 is 1.71 bits per heavy atom. The van der Waals surface area contributed by atoms with Gasteiger partial charge in [-0.05, 0) is 68.8 Å². The smallest absolute Gasteiger partial charge is 0.255 e. The summed E-state index contributed by atoms with van der Waals surface area (Å²) in [5, 5.41) is 45.4. The van der Waals surface area contributed by atoms with Crippen molar-refractivity contribution in [3.63, 3.8) is 0 Å². The molecule has 11 heteroatoms. The summed E-state index contributed by atoms with van der Waals surface area (Å²) in [6, 6.07) is 5.99. The largest absolute Gasteiger partial charge is 0.510 e. The van der Waals surface area contributed by atoms with Crippen LogP contribution in [0.2, 0.25) is 0 Å². The van der Waals surface area contributed by atoms with E-state index in [1.165, 1.54) is 29.2 Å². The fraction of sp³-hybridized carbons (Fsp3) is 0.323. The van der Waals surface area contributed by atoms with Gasteiger partial charge in [-0.25, -0.2) is 4.39 Å². The Hall–Kier alpha value is -4.66. The van der Waals surface area contributed by atoms with Gasteiger partial charge in [-0.15, -0.1) is 0 Å². The second kappa shape index (κ2) is 10.0. The van der Waals surface area contributed by atoms with Gasteiger partial charge in [0.2, 0.25) is 5.78 Å². The molecule has 5 rings (SSSR count). The van der Waals surface area contributed by atoms with Crippen molar-refractivity contribution >= 4 is 23.2 Å². The fourth-order valence-corrected chi connectivity index (χ4v) is 6.47. The van der Waals surface area contributed by atoms with Crippen LogP contribution in [0.1, 0.15) is 33.5 Å². The third-order valence-electron chi connectivity index (χ3n) is 8.37. The van der Waals surface area contributed by atoms with Crippen molar-refractivity contribution in [3.05, 3.63) is 81.1 Å². The van der Waals surface area contributed by atoms with Gasteiger partial charge in [0.1, 0.15) is 28.7 Å². The van der Waals surface area contributed by atoms with Gasteiger partial charge in [0.05, 0.1) is 17.2 Å². The van der Waals surface area contributed by atoms with Crippen molar-refractivity contribution < 1.29 is 39.2 Å². The Morgan fingerprint density at radius 1 is 1.07 bits per heavy atom. The number of fused-ring (bicyclic) bond motifs is 3. The monoisotopic (exact) mass is 575 g/mol. The van der Waals surface area contributed by atoms with E-state index in [4.69, 9.17) is 5.73 Å². The molecule has 2 aromatic rings. The first kappa shape index (κ1) is 28.9. The SMILES string of the molecule is CN(C)c1cc(C#Cc2ccc(F)cc2)c(O)c2c1C[C@H]1C[C@@H]3[C@@H](N(C)C)C(O)=C(C(N)=O)C(=O)[C@]3(O)C(O)=C1C2=O. The van der Waals surface area contributed by atoms with Gasteiger partial charge >= 0.3 is 0 Å². The highest BCUT2D eigenvalue weighted by Gasteiger charge is 2.63. The van der Waals surface area contributed by atoms with Gasteiger partial charge in [0, 0.05) is 36.8 Å². The minimum absolute atomic E-state index is 0.00842. The number of benzene rings is 2. The molecule has 2 aromatic carbocycles. The maximum atomic E-state index is 14.1. The molecular formula is C31H30FN3O7. The van der Waals surface area contributed by atoms with Crippen LogP contribution in [0.3, 0.4) is 0 Å². The molecule has 0 unspecified atom stereocenters. The number of amides is 1. The number of carbonyl (C=O) groups is 3. The van der Waals surface area contributed by atoms with Gasteiger partial charge in [0.15, 0.2) is 11.4 Å².